The molecule has 1 rings (SSSR count). The van der Waals surface area contributed by atoms with Gasteiger partial charge in [-0.3, -0.25) is 0 Å². The van der Waals surface area contributed by atoms with Crippen molar-refractivity contribution in [1.29, 1.82) is 0 Å². The fourth-order valence-electron chi connectivity index (χ4n) is 1.48. The molecular weight excluding hydrogens is 311 g/mol. The lowest BCUT2D eigenvalue weighted by molar-refractivity contribution is -0.275. The van der Waals surface area contributed by atoms with Gasteiger partial charge in [0, 0.05) is 19.8 Å². The van der Waals surface area contributed by atoms with Crippen molar-refractivity contribution in [1.82, 2.24) is 4.72 Å². The summed E-state index contributed by atoms with van der Waals surface area (Å²) < 4.78 is 71.6. The molecule has 0 aliphatic carbocycles. The van der Waals surface area contributed by atoms with Crippen LogP contribution in [0.3, 0.4) is 0 Å². The number of rotatable bonds is 8. The average molecular weight is 327 g/mol. The quantitative estimate of drug-likeness (QED) is 0.744. The number of para-hydroxylation sites is 1. The first-order valence-corrected chi connectivity index (χ1v) is 7.67. The molecule has 21 heavy (non-hydrogen) atoms. The zero-order chi connectivity index (χ0) is 15.9. The third-order valence-electron chi connectivity index (χ3n) is 2.33. The van der Waals surface area contributed by atoms with Crippen LogP contribution in [0.4, 0.5) is 13.2 Å². The third-order valence-corrected chi connectivity index (χ3v) is 3.83. The minimum atomic E-state index is -4.96. The van der Waals surface area contributed by atoms with Crippen LogP contribution in [-0.4, -0.2) is 34.5 Å². The molecule has 0 spiro atoms. The van der Waals surface area contributed by atoms with E-state index in [-0.39, 0.29) is 6.54 Å². The molecule has 5 nitrogen and oxygen atoms in total. The number of benzene rings is 1. The summed E-state index contributed by atoms with van der Waals surface area (Å²) >= 11 is 0. The van der Waals surface area contributed by atoms with Crippen molar-refractivity contribution in [3.63, 3.8) is 0 Å². The molecule has 0 amide bonds. The smallest absolute Gasteiger partial charge is 0.404 e. The van der Waals surface area contributed by atoms with Crippen molar-refractivity contribution >= 4 is 10.0 Å². The van der Waals surface area contributed by atoms with Crippen LogP contribution in [0.5, 0.6) is 5.75 Å². The predicted molar refractivity (Wildman–Crippen MR) is 69.4 cm³/mol. The molecule has 1 aromatic rings. The first-order valence-electron chi connectivity index (χ1n) is 6.18. The van der Waals surface area contributed by atoms with Gasteiger partial charge in [0.05, 0.1) is 0 Å². The molecular formula is C12H16F3NO4S. The Balaban J connectivity index is 2.78. The number of halogens is 3. The van der Waals surface area contributed by atoms with Gasteiger partial charge in [0.2, 0.25) is 10.0 Å². The molecule has 0 radical (unpaired) electrons. The van der Waals surface area contributed by atoms with Gasteiger partial charge >= 0.3 is 6.36 Å². The Morgan fingerprint density at radius 2 is 1.90 bits per heavy atom. The lowest BCUT2D eigenvalue weighted by Gasteiger charge is -2.13. The normalized spacial score (nSPS) is 12.4. The van der Waals surface area contributed by atoms with Gasteiger partial charge in [-0.2, -0.15) is 0 Å². The summed E-state index contributed by atoms with van der Waals surface area (Å²) in [7, 11) is -4.08. The largest absolute Gasteiger partial charge is 0.573 e. The third kappa shape index (κ3) is 6.32. The second kappa shape index (κ2) is 7.62. The van der Waals surface area contributed by atoms with Gasteiger partial charge in [0.1, 0.15) is 10.6 Å². The van der Waals surface area contributed by atoms with Crippen LogP contribution in [-0.2, 0) is 14.8 Å². The van der Waals surface area contributed by atoms with E-state index in [0.717, 1.165) is 12.1 Å². The summed E-state index contributed by atoms with van der Waals surface area (Å²) in [4.78, 5) is -0.557. The first kappa shape index (κ1) is 17.7. The van der Waals surface area contributed by atoms with E-state index >= 15 is 0 Å². The van der Waals surface area contributed by atoms with E-state index in [9.17, 15) is 21.6 Å². The van der Waals surface area contributed by atoms with Crippen molar-refractivity contribution in [3.05, 3.63) is 24.3 Å². The van der Waals surface area contributed by atoms with Gasteiger partial charge < -0.3 is 9.47 Å². The highest BCUT2D eigenvalue weighted by atomic mass is 32.2. The Morgan fingerprint density at radius 1 is 1.24 bits per heavy atom. The Hall–Kier alpha value is -1.32. The second-order valence-corrected chi connectivity index (χ2v) is 5.68. The van der Waals surface area contributed by atoms with Crippen LogP contribution >= 0.6 is 0 Å². The van der Waals surface area contributed by atoms with E-state index in [0.29, 0.717) is 19.6 Å². The molecule has 1 aromatic carbocycles. The SMILES string of the molecule is CCOCCCNS(=O)(=O)c1ccccc1OC(F)(F)F. The highest BCUT2D eigenvalue weighted by molar-refractivity contribution is 7.89. The van der Waals surface area contributed by atoms with Crippen LogP contribution in [0.2, 0.25) is 0 Å². The fraction of sp³-hybridized carbons (Fsp3) is 0.500. The lowest BCUT2D eigenvalue weighted by atomic mass is 10.3. The number of alkyl halides is 3. The molecule has 0 saturated heterocycles. The topological polar surface area (TPSA) is 64.6 Å². The van der Waals surface area contributed by atoms with Crippen molar-refractivity contribution < 1.29 is 31.1 Å². The van der Waals surface area contributed by atoms with Gasteiger partial charge in [-0.15, -0.1) is 13.2 Å². The van der Waals surface area contributed by atoms with E-state index in [1.807, 2.05) is 0 Å². The van der Waals surface area contributed by atoms with Gasteiger partial charge in [0.25, 0.3) is 0 Å². The van der Waals surface area contributed by atoms with Gasteiger partial charge in [-0.25, -0.2) is 13.1 Å². The molecule has 0 aliphatic rings. The van der Waals surface area contributed by atoms with Crippen molar-refractivity contribution in [3.8, 4) is 5.75 Å². The average Bonchev–Trinajstić information content (AvgIpc) is 2.37. The summed E-state index contributed by atoms with van der Waals surface area (Å²) in [6, 6.07) is 4.57. The van der Waals surface area contributed by atoms with Crippen LogP contribution in [0, 0.1) is 0 Å². The number of sulfonamides is 1. The van der Waals surface area contributed by atoms with Crippen LogP contribution < -0.4 is 9.46 Å². The monoisotopic (exact) mass is 327 g/mol. The van der Waals surface area contributed by atoms with Crippen LogP contribution in [0.15, 0.2) is 29.2 Å². The number of hydrogen-bond donors (Lipinski definition) is 1. The second-order valence-electron chi connectivity index (χ2n) is 3.94. The minimum Gasteiger partial charge on any atom is -0.404 e. The molecule has 120 valence electrons. The number of nitrogens with one attached hydrogen (secondary N) is 1. The molecule has 0 fully saturated rings. The standard InChI is InChI=1S/C12H16F3NO4S/c1-2-19-9-5-8-16-21(17,18)11-7-4-3-6-10(11)20-12(13,14)15/h3-4,6-7,16H,2,5,8-9H2,1H3. The fourth-order valence-corrected chi connectivity index (χ4v) is 2.68. The van der Waals surface area contributed by atoms with Gasteiger partial charge in [-0.1, -0.05) is 12.1 Å². The number of hydrogen-bond acceptors (Lipinski definition) is 4. The van der Waals surface area contributed by atoms with E-state index in [1.54, 1.807) is 6.92 Å². The summed E-state index contributed by atoms with van der Waals surface area (Å²) in [6.45, 7) is 2.73. The van der Waals surface area contributed by atoms with E-state index in [4.69, 9.17) is 4.74 Å². The van der Waals surface area contributed by atoms with Crippen molar-refractivity contribution in [2.75, 3.05) is 19.8 Å². The molecule has 9 heteroatoms. The van der Waals surface area contributed by atoms with Crippen LogP contribution in [0.25, 0.3) is 0 Å². The maximum absolute atomic E-state index is 12.2. The molecule has 0 saturated carbocycles. The highest BCUT2D eigenvalue weighted by Crippen LogP contribution is 2.29. The molecule has 0 heterocycles. The van der Waals surface area contributed by atoms with Crippen molar-refractivity contribution in [2.45, 2.75) is 24.6 Å². The summed E-state index contributed by atoms with van der Waals surface area (Å²) in [6.07, 6.45) is -4.55. The Bertz CT molecular complexity index is 546. The molecule has 0 aromatic heterocycles. The zero-order valence-electron chi connectivity index (χ0n) is 11.3. The highest BCUT2D eigenvalue weighted by Gasteiger charge is 2.33. The molecule has 0 unspecified atom stereocenters. The Kier molecular flexibility index (Phi) is 6.43. The maximum Gasteiger partial charge on any atom is 0.573 e. The van der Waals surface area contributed by atoms with Crippen molar-refractivity contribution in [2.24, 2.45) is 0 Å². The van der Waals surface area contributed by atoms with Gasteiger partial charge in [0.15, 0.2) is 0 Å². The summed E-state index contributed by atoms with van der Waals surface area (Å²) in [5.41, 5.74) is 0. The Labute approximate surface area is 121 Å². The van der Waals surface area contributed by atoms with Crippen LogP contribution in [0.1, 0.15) is 13.3 Å². The molecule has 0 atom stereocenters. The van der Waals surface area contributed by atoms with E-state index in [2.05, 4.69) is 9.46 Å². The molecule has 0 bridgehead atoms. The first-order chi connectivity index (χ1) is 9.76. The summed E-state index contributed by atoms with van der Waals surface area (Å²) in [5.74, 6) is -0.762. The molecule has 0 aliphatic heterocycles. The predicted octanol–water partition coefficient (Wildman–Crippen LogP) is 2.29. The lowest BCUT2D eigenvalue weighted by Crippen LogP contribution is -2.27. The Morgan fingerprint density at radius 3 is 2.52 bits per heavy atom. The van der Waals surface area contributed by atoms with E-state index < -0.39 is 27.0 Å². The maximum atomic E-state index is 12.2. The summed E-state index contributed by atoms with van der Waals surface area (Å²) in [5, 5.41) is 0. The van der Waals surface area contributed by atoms with E-state index in [1.165, 1.54) is 12.1 Å². The molecule has 1 N–H and O–H groups in total. The van der Waals surface area contributed by atoms with Gasteiger partial charge in [-0.05, 0) is 25.5 Å². The minimum absolute atomic E-state index is 0.0582. The zero-order valence-corrected chi connectivity index (χ0v) is 12.1. The number of ether oxygens (including phenoxy) is 2.